The minimum atomic E-state index is -0.174. The Labute approximate surface area is 149 Å². The highest BCUT2D eigenvalue weighted by atomic mass is 32.1. The lowest BCUT2D eigenvalue weighted by atomic mass is 10.2. The molecule has 0 radical (unpaired) electrons. The summed E-state index contributed by atoms with van der Waals surface area (Å²) in [6, 6.07) is 5.66. The van der Waals surface area contributed by atoms with Gasteiger partial charge in [-0.3, -0.25) is 9.78 Å². The van der Waals surface area contributed by atoms with Crippen LogP contribution in [0.4, 0.5) is 0 Å². The van der Waals surface area contributed by atoms with Gasteiger partial charge in [0.25, 0.3) is 5.91 Å². The Morgan fingerprint density at radius 2 is 2.16 bits per heavy atom. The number of aryl methyl sites for hydroxylation is 1. The summed E-state index contributed by atoms with van der Waals surface area (Å²) in [5.41, 5.74) is 2.42. The first-order valence-corrected chi connectivity index (χ1v) is 9.27. The highest BCUT2D eigenvalue weighted by molar-refractivity contribution is 7.09. The zero-order valence-corrected chi connectivity index (χ0v) is 14.5. The van der Waals surface area contributed by atoms with Gasteiger partial charge in [-0.25, -0.2) is 4.98 Å². The van der Waals surface area contributed by atoms with Crippen LogP contribution >= 0.6 is 11.3 Å². The number of carbonyl (C=O) groups is 1. The molecule has 25 heavy (non-hydrogen) atoms. The fourth-order valence-corrected chi connectivity index (χ4v) is 3.42. The number of rotatable bonds is 7. The van der Waals surface area contributed by atoms with Crippen LogP contribution in [-0.2, 0) is 6.42 Å². The molecule has 1 aliphatic carbocycles. The minimum Gasteiger partial charge on any atom is -0.360 e. The summed E-state index contributed by atoms with van der Waals surface area (Å²) in [7, 11) is 0. The van der Waals surface area contributed by atoms with Crippen molar-refractivity contribution in [1.82, 2.24) is 20.4 Å². The van der Waals surface area contributed by atoms with Gasteiger partial charge in [-0.1, -0.05) is 5.16 Å². The summed E-state index contributed by atoms with van der Waals surface area (Å²) in [6.07, 6.45) is 7.46. The van der Waals surface area contributed by atoms with Crippen LogP contribution in [-0.4, -0.2) is 27.6 Å². The molecule has 3 aromatic rings. The van der Waals surface area contributed by atoms with Crippen molar-refractivity contribution in [2.75, 3.05) is 6.54 Å². The maximum atomic E-state index is 12.0. The molecule has 3 heterocycles. The molecule has 1 N–H and O–H groups in total. The summed E-state index contributed by atoms with van der Waals surface area (Å²) < 4.78 is 5.21. The normalized spacial score (nSPS) is 13.8. The molecule has 7 heteroatoms. The Morgan fingerprint density at radius 1 is 1.32 bits per heavy atom. The topological polar surface area (TPSA) is 80.9 Å². The highest BCUT2D eigenvalue weighted by Gasteiger charge is 2.28. The van der Waals surface area contributed by atoms with E-state index in [9.17, 15) is 4.79 Å². The molecule has 0 atom stereocenters. The molecule has 1 amide bonds. The van der Waals surface area contributed by atoms with Crippen LogP contribution in [0, 0.1) is 0 Å². The molecule has 6 nitrogen and oxygen atoms in total. The van der Waals surface area contributed by atoms with Crippen LogP contribution in [0.1, 0.15) is 46.4 Å². The van der Waals surface area contributed by atoms with Crippen molar-refractivity contribution in [3.8, 4) is 11.3 Å². The van der Waals surface area contributed by atoms with Crippen molar-refractivity contribution in [2.45, 2.75) is 31.6 Å². The second kappa shape index (κ2) is 7.14. The van der Waals surface area contributed by atoms with Gasteiger partial charge in [0.2, 0.25) is 0 Å². The molecule has 4 rings (SSSR count). The largest absolute Gasteiger partial charge is 0.360 e. The van der Waals surface area contributed by atoms with E-state index in [1.54, 1.807) is 29.8 Å². The monoisotopic (exact) mass is 354 g/mol. The third-order valence-corrected chi connectivity index (χ3v) is 5.03. The number of pyridine rings is 1. The number of amides is 1. The molecular weight excluding hydrogens is 336 g/mol. The zero-order chi connectivity index (χ0) is 17.1. The van der Waals surface area contributed by atoms with Crippen molar-refractivity contribution in [2.24, 2.45) is 0 Å². The lowest BCUT2D eigenvalue weighted by Gasteiger charge is -2.01. The van der Waals surface area contributed by atoms with E-state index in [0.717, 1.165) is 47.7 Å². The molecule has 0 unspecified atom stereocenters. The van der Waals surface area contributed by atoms with Gasteiger partial charge in [0.15, 0.2) is 5.69 Å². The van der Waals surface area contributed by atoms with Gasteiger partial charge in [0, 0.05) is 48.3 Å². The van der Waals surface area contributed by atoms with Gasteiger partial charge in [-0.05, 0) is 31.4 Å². The highest BCUT2D eigenvalue weighted by Crippen LogP contribution is 2.40. The van der Waals surface area contributed by atoms with Gasteiger partial charge in [-0.2, -0.15) is 0 Å². The molecule has 0 aliphatic heterocycles. The number of aromatic nitrogens is 3. The number of carbonyl (C=O) groups excluding carboxylic acids is 1. The van der Waals surface area contributed by atoms with E-state index in [1.807, 2.05) is 12.1 Å². The third kappa shape index (κ3) is 3.93. The molecule has 0 bridgehead atoms. The molecule has 1 fully saturated rings. The van der Waals surface area contributed by atoms with Crippen LogP contribution in [0.25, 0.3) is 11.3 Å². The number of thiazole rings is 1. The van der Waals surface area contributed by atoms with Gasteiger partial charge >= 0.3 is 0 Å². The van der Waals surface area contributed by atoms with E-state index in [1.165, 1.54) is 0 Å². The summed E-state index contributed by atoms with van der Waals surface area (Å²) >= 11 is 1.64. The van der Waals surface area contributed by atoms with Crippen molar-refractivity contribution in [3.63, 3.8) is 0 Å². The minimum absolute atomic E-state index is 0.174. The van der Waals surface area contributed by atoms with Crippen LogP contribution in [0.3, 0.4) is 0 Å². The van der Waals surface area contributed by atoms with E-state index in [4.69, 9.17) is 4.52 Å². The summed E-state index contributed by atoms with van der Waals surface area (Å²) in [5.74, 6) is 1.12. The average Bonchev–Trinajstić information content (AvgIpc) is 3.19. The summed E-state index contributed by atoms with van der Waals surface area (Å²) in [4.78, 5) is 20.7. The Morgan fingerprint density at radius 3 is 2.96 bits per heavy atom. The van der Waals surface area contributed by atoms with Crippen LogP contribution in [0.5, 0.6) is 0 Å². The fourth-order valence-electron chi connectivity index (χ4n) is 2.57. The van der Waals surface area contributed by atoms with Crippen molar-refractivity contribution < 1.29 is 9.32 Å². The Hall–Kier alpha value is -2.54. The first kappa shape index (κ1) is 16.0. The van der Waals surface area contributed by atoms with Gasteiger partial charge in [0.05, 0.1) is 10.7 Å². The molecular formula is C18H18N4O2S. The molecule has 1 saturated carbocycles. The Kier molecular flexibility index (Phi) is 4.56. The Balaban J connectivity index is 1.24. The van der Waals surface area contributed by atoms with Crippen LogP contribution in [0.15, 0.2) is 40.5 Å². The summed E-state index contributed by atoms with van der Waals surface area (Å²) in [6.45, 7) is 0.592. The zero-order valence-electron chi connectivity index (χ0n) is 13.6. The first-order chi connectivity index (χ1) is 12.3. The van der Waals surface area contributed by atoms with E-state index < -0.39 is 0 Å². The van der Waals surface area contributed by atoms with E-state index >= 15 is 0 Å². The number of nitrogens with one attached hydrogen (secondary N) is 1. The molecule has 1 aliphatic rings. The maximum absolute atomic E-state index is 12.0. The van der Waals surface area contributed by atoms with Crippen molar-refractivity contribution >= 4 is 17.2 Å². The smallest absolute Gasteiger partial charge is 0.273 e. The van der Waals surface area contributed by atoms with Crippen LogP contribution in [0.2, 0.25) is 0 Å². The van der Waals surface area contributed by atoms with Crippen molar-refractivity contribution in [1.29, 1.82) is 0 Å². The Bertz CT molecular complexity index is 855. The average molecular weight is 354 g/mol. The van der Waals surface area contributed by atoms with E-state index in [-0.39, 0.29) is 5.91 Å². The van der Waals surface area contributed by atoms with Crippen LogP contribution < -0.4 is 5.32 Å². The third-order valence-electron chi connectivity index (χ3n) is 4.12. The number of nitrogens with zero attached hydrogens (tertiary/aromatic N) is 3. The molecule has 128 valence electrons. The van der Waals surface area contributed by atoms with Gasteiger partial charge < -0.3 is 9.84 Å². The standard InChI is InChI=1S/C18H18N4O2S/c23-18(14-10-16(24-22-14)13-3-4-13)20-7-1-2-17-21-15(11-25-17)12-5-8-19-9-6-12/h5-6,8-11,13H,1-4,7H2,(H,20,23). The predicted octanol–water partition coefficient (Wildman–Crippen LogP) is 3.43. The van der Waals surface area contributed by atoms with Gasteiger partial charge in [0.1, 0.15) is 5.76 Å². The predicted molar refractivity (Wildman–Crippen MR) is 94.5 cm³/mol. The van der Waals surface area contributed by atoms with E-state index in [2.05, 4.69) is 25.8 Å². The molecule has 0 saturated heterocycles. The quantitative estimate of drug-likeness (QED) is 0.658. The second-order valence-corrected chi connectivity index (χ2v) is 7.05. The molecule has 3 aromatic heterocycles. The lowest BCUT2D eigenvalue weighted by Crippen LogP contribution is -2.25. The number of hydrogen-bond acceptors (Lipinski definition) is 6. The maximum Gasteiger partial charge on any atom is 0.273 e. The SMILES string of the molecule is O=C(NCCCc1nc(-c2ccncc2)cs1)c1cc(C2CC2)on1. The number of hydrogen-bond donors (Lipinski definition) is 1. The molecule has 0 spiro atoms. The fraction of sp³-hybridized carbons (Fsp3) is 0.333. The van der Waals surface area contributed by atoms with Crippen molar-refractivity contribution in [3.05, 3.63) is 52.4 Å². The lowest BCUT2D eigenvalue weighted by molar-refractivity contribution is 0.0944. The van der Waals surface area contributed by atoms with Gasteiger partial charge in [-0.15, -0.1) is 11.3 Å². The second-order valence-electron chi connectivity index (χ2n) is 6.11. The summed E-state index contributed by atoms with van der Waals surface area (Å²) in [5, 5.41) is 9.86. The molecule has 0 aromatic carbocycles. The first-order valence-electron chi connectivity index (χ1n) is 8.39. The van der Waals surface area contributed by atoms with E-state index in [0.29, 0.717) is 18.2 Å².